The maximum atomic E-state index is 13.5. The van der Waals surface area contributed by atoms with Gasteiger partial charge in [0.2, 0.25) is 0 Å². The zero-order valence-corrected chi connectivity index (χ0v) is 17.6. The van der Waals surface area contributed by atoms with Gasteiger partial charge >= 0.3 is 0 Å². The Hall–Kier alpha value is -3.33. The highest BCUT2D eigenvalue weighted by Gasteiger charge is 2.30. The van der Waals surface area contributed by atoms with Crippen LogP contribution in [0.5, 0.6) is 0 Å². The van der Waals surface area contributed by atoms with E-state index < -0.39 is 0 Å². The molecule has 1 fully saturated rings. The number of carbonyl (C=O) groups is 1. The Balaban J connectivity index is 1.33. The molecule has 0 spiro atoms. The normalized spacial score (nSPS) is 18.4. The van der Waals surface area contributed by atoms with E-state index in [0.717, 1.165) is 34.6 Å². The van der Waals surface area contributed by atoms with E-state index in [2.05, 4.69) is 25.8 Å². The van der Waals surface area contributed by atoms with Crippen LogP contribution in [0, 0.1) is 12.7 Å². The molecule has 1 aliphatic rings. The molecule has 9 heteroatoms. The molecule has 1 amide bonds. The quantitative estimate of drug-likeness (QED) is 0.476. The topological polar surface area (TPSA) is 92.9 Å². The van der Waals surface area contributed by atoms with Crippen LogP contribution < -0.4 is 10.6 Å². The number of halogens is 1. The Bertz CT molecular complexity index is 1250. The summed E-state index contributed by atoms with van der Waals surface area (Å²) < 4.78 is 19.5. The molecule has 2 heterocycles. The van der Waals surface area contributed by atoms with E-state index in [1.807, 2.05) is 12.1 Å². The summed E-state index contributed by atoms with van der Waals surface area (Å²) in [6, 6.07) is 11.8. The molecule has 2 aromatic carbocycles. The van der Waals surface area contributed by atoms with Crippen molar-refractivity contribution in [1.29, 1.82) is 0 Å². The van der Waals surface area contributed by atoms with Crippen molar-refractivity contribution in [3.05, 3.63) is 59.7 Å². The van der Waals surface area contributed by atoms with Crippen molar-refractivity contribution in [3.63, 3.8) is 0 Å². The Kier molecular flexibility index (Phi) is 5.11. The fourth-order valence-corrected chi connectivity index (χ4v) is 4.90. The molecular formula is C22H20FN5O2S. The van der Waals surface area contributed by atoms with Crippen LogP contribution >= 0.6 is 11.3 Å². The van der Waals surface area contributed by atoms with Crippen molar-refractivity contribution in [3.8, 4) is 11.5 Å². The number of nitrogens with zero attached hydrogens (tertiary/aromatic N) is 3. The molecule has 0 bridgehead atoms. The third-order valence-corrected chi connectivity index (χ3v) is 6.37. The van der Waals surface area contributed by atoms with E-state index in [1.54, 1.807) is 25.1 Å². The predicted octanol–water partition coefficient (Wildman–Crippen LogP) is 4.56. The minimum atomic E-state index is -0.274. The molecule has 0 radical (unpaired) electrons. The summed E-state index contributed by atoms with van der Waals surface area (Å²) in [5, 5.41) is 11.1. The molecule has 1 aliphatic carbocycles. The second-order valence-electron chi connectivity index (χ2n) is 7.59. The van der Waals surface area contributed by atoms with E-state index in [9.17, 15) is 9.18 Å². The summed E-state index contributed by atoms with van der Waals surface area (Å²) in [5.74, 6) is 0.382. The number of anilines is 1. The van der Waals surface area contributed by atoms with Gasteiger partial charge in [-0.2, -0.15) is 4.98 Å². The van der Waals surface area contributed by atoms with Crippen LogP contribution in [0.25, 0.3) is 21.7 Å². The van der Waals surface area contributed by atoms with Crippen LogP contribution in [0.15, 0.2) is 47.0 Å². The summed E-state index contributed by atoms with van der Waals surface area (Å²) in [6.45, 7) is 1.74. The molecule has 2 atom stereocenters. The smallest absolute Gasteiger partial charge is 0.258 e. The van der Waals surface area contributed by atoms with Gasteiger partial charge in [-0.05, 0) is 56.5 Å². The number of hydrogen-bond acceptors (Lipinski definition) is 7. The van der Waals surface area contributed by atoms with Gasteiger partial charge < -0.3 is 15.2 Å². The lowest BCUT2D eigenvalue weighted by Crippen LogP contribution is -2.43. The lowest BCUT2D eigenvalue weighted by atomic mass is 10.1. The zero-order valence-electron chi connectivity index (χ0n) is 16.8. The number of benzene rings is 2. The number of fused-ring (bicyclic) bond motifs is 1. The van der Waals surface area contributed by atoms with Crippen LogP contribution in [-0.2, 0) is 0 Å². The SMILES string of the molecule is Cc1noc(-c2ccccc2C(=O)NC2CCCC2Nc2nc3ccc(F)cc3s2)n1. The Labute approximate surface area is 181 Å². The van der Waals surface area contributed by atoms with Gasteiger partial charge in [-0.25, -0.2) is 9.37 Å². The molecule has 1 saturated carbocycles. The third-order valence-electron chi connectivity index (χ3n) is 5.42. The maximum absolute atomic E-state index is 13.5. The average molecular weight is 438 g/mol. The number of rotatable bonds is 5. The number of carbonyl (C=O) groups excluding carboxylic acids is 1. The highest BCUT2D eigenvalue weighted by Crippen LogP contribution is 2.30. The van der Waals surface area contributed by atoms with Crippen molar-refractivity contribution in [2.75, 3.05) is 5.32 Å². The summed E-state index contributed by atoms with van der Waals surface area (Å²) in [6.07, 6.45) is 2.77. The minimum absolute atomic E-state index is 0.0475. The van der Waals surface area contributed by atoms with Gasteiger partial charge in [0.25, 0.3) is 11.8 Å². The first-order chi connectivity index (χ1) is 15.1. The van der Waals surface area contributed by atoms with Crippen molar-refractivity contribution >= 4 is 32.6 Å². The molecule has 0 aliphatic heterocycles. The zero-order chi connectivity index (χ0) is 21.4. The largest absolute Gasteiger partial charge is 0.357 e. The fourth-order valence-electron chi connectivity index (χ4n) is 3.94. The lowest BCUT2D eigenvalue weighted by molar-refractivity contribution is 0.0936. The number of aryl methyl sites for hydroxylation is 1. The van der Waals surface area contributed by atoms with E-state index in [4.69, 9.17) is 4.52 Å². The number of aromatic nitrogens is 3. The molecule has 7 nitrogen and oxygen atoms in total. The fraction of sp³-hybridized carbons (Fsp3) is 0.273. The molecule has 4 aromatic rings. The number of thiazole rings is 1. The third kappa shape index (κ3) is 4.00. The van der Waals surface area contributed by atoms with Gasteiger partial charge in [-0.15, -0.1) is 0 Å². The summed E-state index contributed by atoms with van der Waals surface area (Å²) in [7, 11) is 0. The van der Waals surface area contributed by atoms with Crippen LogP contribution in [0.3, 0.4) is 0 Å². The average Bonchev–Trinajstić information content (AvgIpc) is 3.48. The van der Waals surface area contributed by atoms with E-state index in [0.29, 0.717) is 22.8 Å². The van der Waals surface area contributed by atoms with Crippen LogP contribution in [-0.4, -0.2) is 33.1 Å². The van der Waals surface area contributed by atoms with Gasteiger partial charge in [0.05, 0.1) is 21.3 Å². The molecule has 0 saturated heterocycles. The molecule has 158 valence electrons. The monoisotopic (exact) mass is 437 g/mol. The van der Waals surface area contributed by atoms with E-state index in [-0.39, 0.29) is 23.8 Å². The first kappa shape index (κ1) is 19.6. The van der Waals surface area contributed by atoms with Crippen LogP contribution in [0.2, 0.25) is 0 Å². The highest BCUT2D eigenvalue weighted by atomic mass is 32.1. The molecule has 31 heavy (non-hydrogen) atoms. The standard InChI is InChI=1S/C22H20FN5O2S/c1-12-24-21(30-28-12)15-6-3-2-5-14(15)20(29)25-16-7-4-8-17(16)26-22-27-18-10-9-13(23)11-19(18)31-22/h2-3,5-6,9-11,16-17H,4,7-8H2,1H3,(H,25,29)(H,26,27). The molecule has 2 unspecified atom stereocenters. The maximum Gasteiger partial charge on any atom is 0.258 e. The molecule has 2 aromatic heterocycles. The first-order valence-electron chi connectivity index (χ1n) is 10.1. The number of nitrogens with one attached hydrogen (secondary N) is 2. The molecule has 5 rings (SSSR count). The summed E-state index contributed by atoms with van der Waals surface area (Å²) >= 11 is 1.42. The van der Waals surface area contributed by atoms with Crippen molar-refractivity contribution in [2.45, 2.75) is 38.3 Å². The van der Waals surface area contributed by atoms with Gasteiger partial charge in [0.15, 0.2) is 11.0 Å². The predicted molar refractivity (Wildman–Crippen MR) is 117 cm³/mol. The molecule has 2 N–H and O–H groups in total. The van der Waals surface area contributed by atoms with Crippen LogP contribution in [0.4, 0.5) is 9.52 Å². The van der Waals surface area contributed by atoms with Gasteiger partial charge in [0.1, 0.15) is 5.82 Å². The summed E-state index contributed by atoms with van der Waals surface area (Å²) in [5.41, 5.74) is 1.86. The minimum Gasteiger partial charge on any atom is -0.357 e. The second-order valence-corrected chi connectivity index (χ2v) is 8.62. The lowest BCUT2D eigenvalue weighted by Gasteiger charge is -2.22. The highest BCUT2D eigenvalue weighted by molar-refractivity contribution is 7.22. The van der Waals surface area contributed by atoms with Crippen molar-refractivity contribution in [2.24, 2.45) is 0 Å². The Morgan fingerprint density at radius 1 is 1.16 bits per heavy atom. The Morgan fingerprint density at radius 2 is 2.00 bits per heavy atom. The Morgan fingerprint density at radius 3 is 2.84 bits per heavy atom. The van der Waals surface area contributed by atoms with Gasteiger partial charge in [-0.1, -0.05) is 28.6 Å². The van der Waals surface area contributed by atoms with Gasteiger partial charge in [0, 0.05) is 12.1 Å². The van der Waals surface area contributed by atoms with Crippen LogP contribution in [0.1, 0.15) is 35.4 Å². The van der Waals surface area contributed by atoms with E-state index in [1.165, 1.54) is 23.5 Å². The van der Waals surface area contributed by atoms with Crippen molar-refractivity contribution in [1.82, 2.24) is 20.4 Å². The first-order valence-corrected chi connectivity index (χ1v) is 10.9. The second kappa shape index (κ2) is 8.07. The number of hydrogen-bond donors (Lipinski definition) is 2. The van der Waals surface area contributed by atoms with Gasteiger partial charge in [-0.3, -0.25) is 4.79 Å². The molecular weight excluding hydrogens is 417 g/mol. The van der Waals surface area contributed by atoms with E-state index >= 15 is 0 Å². The number of amides is 1. The van der Waals surface area contributed by atoms with Crippen molar-refractivity contribution < 1.29 is 13.7 Å². The summed E-state index contributed by atoms with van der Waals surface area (Å²) in [4.78, 5) is 21.9.